The predicted molar refractivity (Wildman–Crippen MR) is 70.6 cm³/mol. The molecule has 0 radical (unpaired) electrons. The third kappa shape index (κ3) is 2.74. The van der Waals surface area contributed by atoms with Gasteiger partial charge in [0.1, 0.15) is 12.2 Å². The number of benzene rings is 1. The number of rotatable bonds is 4. The molecular formula is C11H15N5O2S. The summed E-state index contributed by atoms with van der Waals surface area (Å²) in [5.74, 6) is 0.478. The Hall–Kier alpha value is -1.93. The average molecular weight is 281 g/mol. The van der Waals surface area contributed by atoms with E-state index >= 15 is 0 Å². The molecular weight excluding hydrogens is 266 g/mol. The zero-order valence-electron chi connectivity index (χ0n) is 10.7. The Kier molecular flexibility index (Phi) is 3.54. The summed E-state index contributed by atoms with van der Waals surface area (Å²) in [7, 11) is -2.11. The highest BCUT2D eigenvalue weighted by molar-refractivity contribution is 7.89. The number of nitrogen functional groups attached to an aromatic ring is 1. The molecule has 0 fully saturated rings. The van der Waals surface area contributed by atoms with Crippen LogP contribution in [0.25, 0.3) is 0 Å². The molecule has 8 heteroatoms. The number of aromatic amines is 1. The quantitative estimate of drug-likeness (QED) is 0.795. The van der Waals surface area contributed by atoms with Gasteiger partial charge in [0.15, 0.2) is 0 Å². The second-order valence-corrected chi connectivity index (χ2v) is 6.26. The summed E-state index contributed by atoms with van der Waals surface area (Å²) in [6, 6.07) is 4.68. The van der Waals surface area contributed by atoms with Crippen LogP contribution < -0.4 is 5.73 Å². The van der Waals surface area contributed by atoms with Crippen LogP contribution in [0, 0.1) is 6.92 Å². The fourth-order valence-electron chi connectivity index (χ4n) is 1.56. The van der Waals surface area contributed by atoms with Crippen molar-refractivity contribution in [3.63, 3.8) is 0 Å². The van der Waals surface area contributed by atoms with Crippen molar-refractivity contribution >= 4 is 15.7 Å². The van der Waals surface area contributed by atoms with Gasteiger partial charge in [-0.2, -0.15) is 9.40 Å². The van der Waals surface area contributed by atoms with Crippen LogP contribution in [0.5, 0.6) is 0 Å². The van der Waals surface area contributed by atoms with Crippen LogP contribution in [0.4, 0.5) is 5.69 Å². The van der Waals surface area contributed by atoms with E-state index < -0.39 is 10.0 Å². The highest BCUT2D eigenvalue weighted by atomic mass is 32.2. The summed E-state index contributed by atoms with van der Waals surface area (Å²) in [5.41, 5.74) is 7.04. The van der Waals surface area contributed by atoms with Gasteiger partial charge in [-0.1, -0.05) is 6.07 Å². The van der Waals surface area contributed by atoms with Gasteiger partial charge in [0.25, 0.3) is 0 Å². The van der Waals surface area contributed by atoms with Gasteiger partial charge in [-0.3, -0.25) is 5.10 Å². The van der Waals surface area contributed by atoms with Gasteiger partial charge in [0.2, 0.25) is 10.0 Å². The minimum absolute atomic E-state index is 0.121. The van der Waals surface area contributed by atoms with Crippen molar-refractivity contribution in [3.8, 4) is 0 Å². The molecule has 102 valence electrons. The molecule has 1 heterocycles. The van der Waals surface area contributed by atoms with Crippen molar-refractivity contribution in [2.24, 2.45) is 0 Å². The van der Waals surface area contributed by atoms with Crippen LogP contribution in [0.3, 0.4) is 0 Å². The SMILES string of the molecule is Cc1ccc(S(=O)(=O)N(C)Cc2ncn[nH]2)cc1N. The van der Waals surface area contributed by atoms with E-state index in [4.69, 9.17) is 5.73 Å². The zero-order valence-corrected chi connectivity index (χ0v) is 11.5. The molecule has 0 aliphatic rings. The number of nitrogens with one attached hydrogen (secondary N) is 1. The minimum atomic E-state index is -3.59. The Morgan fingerprint density at radius 1 is 1.42 bits per heavy atom. The first-order valence-corrected chi connectivity index (χ1v) is 7.02. The third-order valence-electron chi connectivity index (χ3n) is 2.80. The van der Waals surface area contributed by atoms with Gasteiger partial charge in [-0.25, -0.2) is 13.4 Å². The standard InChI is InChI=1S/C11H15N5O2S/c1-8-3-4-9(5-10(8)12)19(17,18)16(2)6-11-13-7-14-15-11/h3-5,7H,6,12H2,1-2H3,(H,13,14,15). The topological polar surface area (TPSA) is 105 Å². The molecule has 7 nitrogen and oxygen atoms in total. The minimum Gasteiger partial charge on any atom is -0.398 e. The van der Waals surface area contributed by atoms with Crippen molar-refractivity contribution in [1.29, 1.82) is 0 Å². The number of hydrogen-bond donors (Lipinski definition) is 2. The Balaban J connectivity index is 2.28. The molecule has 3 N–H and O–H groups in total. The maximum Gasteiger partial charge on any atom is 0.243 e. The van der Waals surface area contributed by atoms with Gasteiger partial charge < -0.3 is 5.73 Å². The number of anilines is 1. The first kappa shape index (κ1) is 13.5. The lowest BCUT2D eigenvalue weighted by Crippen LogP contribution is -2.27. The normalized spacial score (nSPS) is 11.9. The molecule has 0 bridgehead atoms. The molecule has 1 aromatic heterocycles. The number of H-pyrrole nitrogens is 1. The summed E-state index contributed by atoms with van der Waals surface area (Å²) in [6.45, 7) is 1.94. The van der Waals surface area contributed by atoms with Crippen LogP contribution in [0.1, 0.15) is 11.4 Å². The lowest BCUT2D eigenvalue weighted by molar-refractivity contribution is 0.457. The number of sulfonamides is 1. The number of hydrogen-bond acceptors (Lipinski definition) is 5. The van der Waals surface area contributed by atoms with E-state index in [1.807, 2.05) is 6.92 Å². The van der Waals surface area contributed by atoms with Gasteiger partial charge in [-0.05, 0) is 24.6 Å². The van der Waals surface area contributed by atoms with E-state index in [9.17, 15) is 8.42 Å². The summed E-state index contributed by atoms with van der Waals surface area (Å²) in [6.07, 6.45) is 1.33. The van der Waals surface area contributed by atoms with Crippen LogP contribution in [0.15, 0.2) is 29.4 Å². The highest BCUT2D eigenvalue weighted by Gasteiger charge is 2.22. The molecule has 0 unspecified atom stereocenters. The monoisotopic (exact) mass is 281 g/mol. The van der Waals surface area contributed by atoms with E-state index in [1.54, 1.807) is 6.07 Å². The average Bonchev–Trinajstić information content (AvgIpc) is 2.85. The Labute approximate surface area is 111 Å². The Morgan fingerprint density at radius 3 is 2.74 bits per heavy atom. The summed E-state index contributed by atoms with van der Waals surface area (Å²) in [4.78, 5) is 4.06. The second-order valence-electron chi connectivity index (χ2n) is 4.21. The lowest BCUT2D eigenvalue weighted by atomic mass is 10.2. The van der Waals surface area contributed by atoms with Crippen molar-refractivity contribution in [2.75, 3.05) is 12.8 Å². The smallest absolute Gasteiger partial charge is 0.243 e. The molecule has 2 rings (SSSR count). The van der Waals surface area contributed by atoms with E-state index in [1.165, 1.54) is 29.8 Å². The highest BCUT2D eigenvalue weighted by Crippen LogP contribution is 2.20. The maximum absolute atomic E-state index is 12.3. The van der Waals surface area contributed by atoms with E-state index in [-0.39, 0.29) is 11.4 Å². The van der Waals surface area contributed by atoms with E-state index in [0.717, 1.165) is 5.56 Å². The summed E-state index contributed by atoms with van der Waals surface area (Å²) < 4.78 is 25.9. The summed E-state index contributed by atoms with van der Waals surface area (Å²) >= 11 is 0. The van der Waals surface area contributed by atoms with E-state index in [2.05, 4.69) is 15.2 Å². The van der Waals surface area contributed by atoms with Gasteiger partial charge in [0.05, 0.1) is 11.4 Å². The van der Waals surface area contributed by atoms with Crippen molar-refractivity contribution in [3.05, 3.63) is 35.9 Å². The Bertz CT molecular complexity index is 666. The van der Waals surface area contributed by atoms with Crippen LogP contribution in [-0.4, -0.2) is 35.0 Å². The zero-order chi connectivity index (χ0) is 14.0. The number of aromatic nitrogens is 3. The first-order valence-electron chi connectivity index (χ1n) is 5.58. The van der Waals surface area contributed by atoms with E-state index in [0.29, 0.717) is 11.5 Å². The van der Waals surface area contributed by atoms with Crippen LogP contribution in [0.2, 0.25) is 0 Å². The van der Waals surface area contributed by atoms with Gasteiger partial charge >= 0.3 is 0 Å². The first-order chi connectivity index (χ1) is 8.91. The van der Waals surface area contributed by atoms with Crippen molar-refractivity contribution < 1.29 is 8.42 Å². The number of nitrogens with two attached hydrogens (primary N) is 1. The molecule has 0 spiro atoms. The molecule has 0 saturated carbocycles. The lowest BCUT2D eigenvalue weighted by Gasteiger charge is -2.16. The molecule has 19 heavy (non-hydrogen) atoms. The number of nitrogens with zero attached hydrogens (tertiary/aromatic N) is 3. The van der Waals surface area contributed by atoms with Crippen LogP contribution in [-0.2, 0) is 16.6 Å². The Morgan fingerprint density at radius 2 is 2.16 bits per heavy atom. The van der Waals surface area contributed by atoms with Crippen LogP contribution >= 0.6 is 0 Å². The molecule has 1 aromatic carbocycles. The maximum atomic E-state index is 12.3. The predicted octanol–water partition coefficient (Wildman–Crippen LogP) is 0.516. The molecule has 2 aromatic rings. The fraction of sp³-hybridized carbons (Fsp3) is 0.273. The number of aryl methyl sites for hydroxylation is 1. The summed E-state index contributed by atoms with van der Waals surface area (Å²) in [5, 5.41) is 6.30. The molecule has 0 saturated heterocycles. The third-order valence-corrected chi connectivity index (χ3v) is 4.60. The largest absolute Gasteiger partial charge is 0.398 e. The van der Waals surface area contributed by atoms with Gasteiger partial charge in [-0.15, -0.1) is 0 Å². The molecule has 0 amide bonds. The molecule has 0 atom stereocenters. The van der Waals surface area contributed by atoms with Gasteiger partial charge in [0, 0.05) is 12.7 Å². The second kappa shape index (κ2) is 4.98. The van der Waals surface area contributed by atoms with Crippen molar-refractivity contribution in [1.82, 2.24) is 19.5 Å². The van der Waals surface area contributed by atoms with Crippen molar-refractivity contribution in [2.45, 2.75) is 18.4 Å². The molecule has 0 aliphatic carbocycles. The molecule has 0 aliphatic heterocycles. The fourth-order valence-corrected chi connectivity index (χ4v) is 2.73.